The van der Waals surface area contributed by atoms with Crippen molar-refractivity contribution in [2.45, 2.75) is 0 Å². The van der Waals surface area contributed by atoms with Gasteiger partial charge in [-0.3, -0.25) is 0 Å². The van der Waals surface area contributed by atoms with Gasteiger partial charge in [0.2, 0.25) is 0 Å². The minimum Gasteiger partial charge on any atom is -0.106 e. The van der Waals surface area contributed by atoms with Gasteiger partial charge >= 0.3 is 0 Å². The van der Waals surface area contributed by atoms with Crippen molar-refractivity contribution < 1.29 is 0 Å². The van der Waals surface area contributed by atoms with E-state index in [4.69, 9.17) is 0 Å². The minimum atomic E-state index is 0. The van der Waals surface area contributed by atoms with Crippen molar-refractivity contribution in [2.75, 3.05) is 0 Å². The summed E-state index contributed by atoms with van der Waals surface area (Å²) in [7, 11) is 0. The third kappa shape index (κ3) is 38.0. The second-order valence-electron chi connectivity index (χ2n) is 0. The van der Waals surface area contributed by atoms with E-state index in [-0.39, 0.29) is 154 Å². The molecule has 0 saturated heterocycles. The van der Waals surface area contributed by atoms with E-state index in [9.17, 15) is 0 Å². The van der Waals surface area contributed by atoms with Gasteiger partial charge in [0.25, 0.3) is 0 Å². The Labute approximate surface area is 174 Å². The molecule has 0 aliphatic heterocycles. The SMILES string of the molecule is C=C.C=C.[K].[K].[K]. The molecule has 27 valence electrons. The van der Waals surface area contributed by atoms with Gasteiger partial charge in [-0.25, -0.2) is 0 Å². The maximum atomic E-state index is 3.00. The average Bonchev–Trinajstić information content (AvgIpc) is 1.50. The number of hydrogen-bond donors (Lipinski definition) is 0. The topological polar surface area (TPSA) is 0 Å². The molecule has 0 rings (SSSR count). The van der Waals surface area contributed by atoms with Gasteiger partial charge in [0.05, 0.1) is 0 Å². The molecule has 0 amide bonds. The molecule has 0 unspecified atom stereocenters. The number of hydrogen-bond acceptors (Lipinski definition) is 0. The van der Waals surface area contributed by atoms with Gasteiger partial charge < -0.3 is 0 Å². The molecule has 0 aromatic heterocycles. The fourth-order valence-corrected chi connectivity index (χ4v) is 0. The Balaban J connectivity index is -0.00000000267. The summed E-state index contributed by atoms with van der Waals surface area (Å²) >= 11 is 0. The maximum absolute atomic E-state index is 3.00. The van der Waals surface area contributed by atoms with E-state index >= 15 is 0 Å². The number of rotatable bonds is 0. The monoisotopic (exact) mass is 173 g/mol. The first kappa shape index (κ1) is 30.1. The van der Waals surface area contributed by atoms with Crippen LogP contribution in [0.4, 0.5) is 0 Å². The summed E-state index contributed by atoms with van der Waals surface area (Å²) in [5.41, 5.74) is 0. The van der Waals surface area contributed by atoms with Crippen LogP contribution in [0.25, 0.3) is 0 Å². The Morgan fingerprint density at radius 2 is 0.429 bits per heavy atom. The summed E-state index contributed by atoms with van der Waals surface area (Å²) in [5.74, 6) is 0. The predicted molar refractivity (Wildman–Crippen MR) is 39.8 cm³/mol. The molecule has 0 bridgehead atoms. The van der Waals surface area contributed by atoms with Crippen LogP contribution in [0.2, 0.25) is 0 Å². The first-order valence-electron chi connectivity index (χ1n) is 1.000. The molecule has 0 saturated carbocycles. The van der Waals surface area contributed by atoms with Crippen LogP contribution in [0.15, 0.2) is 26.3 Å². The largest absolute Gasteiger partial charge is 0.106 e. The van der Waals surface area contributed by atoms with Crippen molar-refractivity contribution in [3.05, 3.63) is 26.3 Å². The van der Waals surface area contributed by atoms with Crippen LogP contribution in [-0.2, 0) is 0 Å². The molecular weight excluding hydrogens is 165 g/mol. The van der Waals surface area contributed by atoms with E-state index in [0.29, 0.717) is 0 Å². The van der Waals surface area contributed by atoms with Crippen molar-refractivity contribution in [2.24, 2.45) is 0 Å². The molecule has 3 heteroatoms. The average molecular weight is 173 g/mol. The van der Waals surface area contributed by atoms with Crippen molar-refractivity contribution >= 4 is 154 Å². The van der Waals surface area contributed by atoms with E-state index in [1.165, 1.54) is 0 Å². The van der Waals surface area contributed by atoms with E-state index in [1.807, 2.05) is 0 Å². The summed E-state index contributed by atoms with van der Waals surface area (Å²) < 4.78 is 0. The van der Waals surface area contributed by atoms with Crippen LogP contribution < -0.4 is 0 Å². The van der Waals surface area contributed by atoms with Crippen molar-refractivity contribution in [1.82, 2.24) is 0 Å². The summed E-state index contributed by atoms with van der Waals surface area (Å²) in [6.45, 7) is 12.0. The molecule has 0 heterocycles. The molecule has 0 aromatic carbocycles. The summed E-state index contributed by atoms with van der Waals surface area (Å²) in [6, 6.07) is 0. The van der Waals surface area contributed by atoms with Crippen molar-refractivity contribution in [3.63, 3.8) is 0 Å². The van der Waals surface area contributed by atoms with Gasteiger partial charge in [-0.15, -0.1) is 26.3 Å². The van der Waals surface area contributed by atoms with E-state index in [2.05, 4.69) is 26.3 Å². The second kappa shape index (κ2) is 47.5. The zero-order valence-corrected chi connectivity index (χ0v) is 15.2. The Bertz CT molecular complexity index is 8.90. The Kier molecular flexibility index (Phi) is 205. The quantitative estimate of drug-likeness (QED) is 0.369. The summed E-state index contributed by atoms with van der Waals surface area (Å²) in [4.78, 5) is 0. The molecule has 0 atom stereocenters. The van der Waals surface area contributed by atoms with Crippen LogP contribution in [0.5, 0.6) is 0 Å². The van der Waals surface area contributed by atoms with Gasteiger partial charge in [-0.2, -0.15) is 0 Å². The summed E-state index contributed by atoms with van der Waals surface area (Å²) in [6.07, 6.45) is 0. The van der Waals surface area contributed by atoms with Gasteiger partial charge in [0.15, 0.2) is 0 Å². The molecule has 7 heavy (non-hydrogen) atoms. The van der Waals surface area contributed by atoms with E-state index in [1.54, 1.807) is 0 Å². The first-order chi connectivity index (χ1) is 2.00. The fourth-order valence-electron chi connectivity index (χ4n) is 0. The Morgan fingerprint density at radius 1 is 0.429 bits per heavy atom. The third-order valence-corrected chi connectivity index (χ3v) is 0. The van der Waals surface area contributed by atoms with E-state index in [0.717, 1.165) is 0 Å². The molecular formula is C4H8K3. The molecule has 0 aliphatic carbocycles. The standard InChI is InChI=1S/2C2H4.3K/c2*1-2;;;/h2*1-2H2;;;. The molecule has 3 radical (unpaired) electrons. The van der Waals surface area contributed by atoms with Crippen molar-refractivity contribution in [1.29, 1.82) is 0 Å². The molecule has 0 nitrogen and oxygen atoms in total. The molecule has 0 spiro atoms. The Hall–Kier alpha value is 4.39. The van der Waals surface area contributed by atoms with Gasteiger partial charge in [0, 0.05) is 154 Å². The predicted octanol–water partition coefficient (Wildman–Crippen LogP) is 0.462. The molecule has 0 N–H and O–H groups in total. The van der Waals surface area contributed by atoms with Gasteiger partial charge in [-0.05, 0) is 0 Å². The van der Waals surface area contributed by atoms with Crippen LogP contribution in [0, 0.1) is 0 Å². The van der Waals surface area contributed by atoms with Crippen LogP contribution in [-0.4, -0.2) is 154 Å². The van der Waals surface area contributed by atoms with Crippen LogP contribution in [0.3, 0.4) is 0 Å². The van der Waals surface area contributed by atoms with E-state index < -0.39 is 0 Å². The van der Waals surface area contributed by atoms with Crippen LogP contribution >= 0.6 is 0 Å². The smallest absolute Gasteiger partial charge is 0 e. The Morgan fingerprint density at radius 3 is 0.429 bits per heavy atom. The van der Waals surface area contributed by atoms with Crippen LogP contribution in [0.1, 0.15) is 0 Å². The molecule has 0 fully saturated rings. The van der Waals surface area contributed by atoms with Gasteiger partial charge in [-0.1, -0.05) is 0 Å². The van der Waals surface area contributed by atoms with Gasteiger partial charge in [0.1, 0.15) is 0 Å². The third-order valence-electron chi connectivity index (χ3n) is 0. The molecule has 0 aromatic rings. The maximum Gasteiger partial charge on any atom is 0 e. The normalized spacial score (nSPS) is 1.14. The fraction of sp³-hybridized carbons (Fsp3) is 0. The second-order valence-corrected chi connectivity index (χ2v) is 0. The summed E-state index contributed by atoms with van der Waals surface area (Å²) in [5, 5.41) is 0. The molecule has 0 aliphatic rings. The zero-order chi connectivity index (χ0) is 4.00. The first-order valence-corrected chi connectivity index (χ1v) is 1.000. The minimum absolute atomic E-state index is 0. The zero-order valence-electron chi connectivity index (χ0n) is 5.83. The van der Waals surface area contributed by atoms with Crippen molar-refractivity contribution in [3.8, 4) is 0 Å².